The summed E-state index contributed by atoms with van der Waals surface area (Å²) in [7, 11) is -4.20. The molecule has 0 bridgehead atoms. The lowest BCUT2D eigenvalue weighted by Gasteiger charge is -2.16. The Labute approximate surface area is 177 Å². The molecular formula is C18H22BrN3O6S. The zero-order chi connectivity index (χ0) is 21.4. The minimum absolute atomic E-state index is 0.156. The van der Waals surface area contributed by atoms with E-state index in [4.69, 9.17) is 4.42 Å². The molecular weight excluding hydrogens is 466 g/mol. The number of rotatable bonds is 12. The van der Waals surface area contributed by atoms with Crippen molar-refractivity contribution in [3.05, 3.63) is 51.1 Å². The number of para-hydroxylation sites is 1. The topological polar surface area (TPSA) is 132 Å². The minimum Gasteiger partial charge on any atom is -0.432 e. The summed E-state index contributed by atoms with van der Waals surface area (Å²) < 4.78 is 33.9. The van der Waals surface area contributed by atoms with E-state index in [1.807, 2.05) is 6.92 Å². The Morgan fingerprint density at radius 2 is 2.03 bits per heavy atom. The molecule has 0 saturated carbocycles. The smallest absolute Gasteiger partial charge is 0.289 e. The van der Waals surface area contributed by atoms with Crippen molar-refractivity contribution in [1.29, 1.82) is 0 Å². The SMILES string of the molecule is CCC(=O)CCCCCC(NS(=O)(=O)c1ccccc1[N+](=O)[O-])c1ncc(Br)o1. The highest BCUT2D eigenvalue weighted by Crippen LogP contribution is 2.28. The summed E-state index contributed by atoms with van der Waals surface area (Å²) >= 11 is 3.14. The molecule has 0 aliphatic heterocycles. The van der Waals surface area contributed by atoms with E-state index in [0.29, 0.717) is 36.8 Å². The number of nitro benzene ring substituents is 1. The van der Waals surface area contributed by atoms with Crippen LogP contribution in [-0.4, -0.2) is 24.1 Å². The third-order valence-corrected chi connectivity index (χ3v) is 6.17. The standard InChI is InChI=1S/C18H22BrN3O6S/c1-2-13(23)8-4-3-5-9-14(18-20-12-17(19)28-18)21-29(26,27)16-11-7-6-10-15(16)22(24)25/h6-7,10-12,14,21H,2-5,8-9H2,1H3. The van der Waals surface area contributed by atoms with Gasteiger partial charge < -0.3 is 4.42 Å². The predicted octanol–water partition coefficient (Wildman–Crippen LogP) is 4.29. The molecule has 158 valence electrons. The van der Waals surface area contributed by atoms with Crippen molar-refractivity contribution in [3.63, 3.8) is 0 Å². The molecule has 29 heavy (non-hydrogen) atoms. The number of ketones is 1. The van der Waals surface area contributed by atoms with E-state index in [-0.39, 0.29) is 11.7 Å². The largest absolute Gasteiger partial charge is 0.432 e. The number of sulfonamides is 1. The number of unbranched alkanes of at least 4 members (excludes halogenated alkanes) is 2. The molecule has 2 aromatic rings. The molecule has 0 fully saturated rings. The Hall–Kier alpha value is -2.11. The second kappa shape index (κ2) is 10.6. The summed E-state index contributed by atoms with van der Waals surface area (Å²) in [4.78, 5) is 25.5. The maximum atomic E-state index is 12.8. The van der Waals surface area contributed by atoms with Gasteiger partial charge in [-0.25, -0.2) is 13.4 Å². The van der Waals surface area contributed by atoms with Gasteiger partial charge in [0, 0.05) is 18.9 Å². The highest BCUT2D eigenvalue weighted by atomic mass is 79.9. The van der Waals surface area contributed by atoms with E-state index in [1.165, 1.54) is 24.4 Å². The van der Waals surface area contributed by atoms with Gasteiger partial charge in [0.05, 0.1) is 17.2 Å². The Morgan fingerprint density at radius 1 is 1.31 bits per heavy atom. The second-order valence-electron chi connectivity index (χ2n) is 6.39. The normalized spacial score (nSPS) is 12.6. The van der Waals surface area contributed by atoms with Crippen LogP contribution in [0.4, 0.5) is 5.69 Å². The third kappa shape index (κ3) is 6.72. The number of nitrogens with zero attached hydrogens (tertiary/aromatic N) is 2. The summed E-state index contributed by atoms with van der Waals surface area (Å²) in [6, 6.07) is 4.34. The highest BCUT2D eigenvalue weighted by molar-refractivity contribution is 9.10. The average molecular weight is 488 g/mol. The van der Waals surface area contributed by atoms with Crippen molar-refractivity contribution in [1.82, 2.24) is 9.71 Å². The van der Waals surface area contributed by atoms with Crippen LogP contribution in [0.1, 0.15) is 57.4 Å². The fourth-order valence-electron chi connectivity index (χ4n) is 2.77. The summed E-state index contributed by atoms with van der Waals surface area (Å²) in [6.45, 7) is 1.82. The highest BCUT2D eigenvalue weighted by Gasteiger charge is 2.30. The van der Waals surface area contributed by atoms with E-state index in [1.54, 1.807) is 0 Å². The molecule has 0 spiro atoms. The number of halogens is 1. The van der Waals surface area contributed by atoms with Gasteiger partial charge in [-0.05, 0) is 34.8 Å². The number of Topliss-reactive ketones (excluding diaryl/α,β-unsaturated/α-hetero) is 1. The molecule has 1 aromatic carbocycles. The zero-order valence-electron chi connectivity index (χ0n) is 15.8. The maximum absolute atomic E-state index is 12.8. The summed E-state index contributed by atoms with van der Waals surface area (Å²) in [5.74, 6) is 0.346. The summed E-state index contributed by atoms with van der Waals surface area (Å²) in [5.41, 5.74) is -0.509. The van der Waals surface area contributed by atoms with E-state index in [0.717, 1.165) is 12.5 Å². The van der Waals surface area contributed by atoms with Gasteiger partial charge in [-0.1, -0.05) is 31.9 Å². The molecule has 2 rings (SSSR count). The first-order valence-electron chi connectivity index (χ1n) is 9.13. The van der Waals surface area contributed by atoms with Crippen molar-refractivity contribution in [2.24, 2.45) is 0 Å². The van der Waals surface area contributed by atoms with Crippen LogP contribution >= 0.6 is 15.9 Å². The van der Waals surface area contributed by atoms with Crippen LogP contribution in [0.5, 0.6) is 0 Å². The van der Waals surface area contributed by atoms with Crippen molar-refractivity contribution in [3.8, 4) is 0 Å². The summed E-state index contributed by atoms with van der Waals surface area (Å²) in [6.07, 6.45) is 4.84. The number of carbonyl (C=O) groups is 1. The molecule has 1 aromatic heterocycles. The Balaban J connectivity index is 2.15. The van der Waals surface area contributed by atoms with Crippen LogP contribution in [0.25, 0.3) is 0 Å². The predicted molar refractivity (Wildman–Crippen MR) is 109 cm³/mol. The van der Waals surface area contributed by atoms with Gasteiger partial charge in [-0.3, -0.25) is 14.9 Å². The minimum atomic E-state index is -4.20. The van der Waals surface area contributed by atoms with E-state index in [9.17, 15) is 23.3 Å². The van der Waals surface area contributed by atoms with Crippen molar-refractivity contribution in [2.75, 3.05) is 0 Å². The molecule has 0 amide bonds. The van der Waals surface area contributed by atoms with E-state index >= 15 is 0 Å². The molecule has 1 N–H and O–H groups in total. The first-order chi connectivity index (χ1) is 13.7. The van der Waals surface area contributed by atoms with Gasteiger partial charge in [0.1, 0.15) is 5.78 Å². The van der Waals surface area contributed by atoms with Crippen LogP contribution in [0.2, 0.25) is 0 Å². The number of aromatic nitrogens is 1. The molecule has 11 heteroatoms. The number of nitro groups is 1. The zero-order valence-corrected chi connectivity index (χ0v) is 18.2. The molecule has 0 aliphatic carbocycles. The van der Waals surface area contributed by atoms with Crippen molar-refractivity contribution in [2.45, 2.75) is 56.4 Å². The van der Waals surface area contributed by atoms with Gasteiger partial charge in [0.25, 0.3) is 5.69 Å². The molecule has 1 heterocycles. The number of benzene rings is 1. The third-order valence-electron chi connectivity index (χ3n) is 4.29. The number of nitrogens with one attached hydrogen (secondary N) is 1. The van der Waals surface area contributed by atoms with Crippen LogP contribution in [0, 0.1) is 10.1 Å². The summed E-state index contributed by atoms with van der Waals surface area (Å²) in [5, 5.41) is 11.2. The van der Waals surface area contributed by atoms with Gasteiger partial charge in [-0.15, -0.1) is 0 Å². The van der Waals surface area contributed by atoms with Crippen LogP contribution in [-0.2, 0) is 14.8 Å². The number of carbonyl (C=O) groups excluding carboxylic acids is 1. The quantitative estimate of drug-likeness (QED) is 0.268. The molecule has 1 unspecified atom stereocenters. The molecule has 0 aliphatic rings. The fraction of sp³-hybridized carbons (Fsp3) is 0.444. The average Bonchev–Trinajstić information content (AvgIpc) is 3.12. The molecule has 1 atom stereocenters. The van der Waals surface area contributed by atoms with E-state index < -0.39 is 31.6 Å². The lowest BCUT2D eigenvalue weighted by Crippen LogP contribution is -2.29. The van der Waals surface area contributed by atoms with Crippen molar-refractivity contribution < 1.29 is 22.6 Å². The fourth-order valence-corrected chi connectivity index (χ4v) is 4.44. The van der Waals surface area contributed by atoms with Crippen LogP contribution in [0.3, 0.4) is 0 Å². The number of hydrogen-bond acceptors (Lipinski definition) is 7. The van der Waals surface area contributed by atoms with Gasteiger partial charge in [0.2, 0.25) is 15.9 Å². The molecule has 0 saturated heterocycles. The lowest BCUT2D eigenvalue weighted by atomic mass is 10.1. The van der Waals surface area contributed by atoms with Crippen molar-refractivity contribution >= 4 is 37.4 Å². The Kier molecular flexibility index (Phi) is 8.47. The second-order valence-corrected chi connectivity index (χ2v) is 8.86. The van der Waals surface area contributed by atoms with Crippen LogP contribution < -0.4 is 4.72 Å². The maximum Gasteiger partial charge on any atom is 0.289 e. The first-order valence-corrected chi connectivity index (χ1v) is 11.4. The van der Waals surface area contributed by atoms with E-state index in [2.05, 4.69) is 25.6 Å². The molecule has 0 radical (unpaired) electrons. The monoisotopic (exact) mass is 487 g/mol. The Morgan fingerprint density at radius 3 is 2.66 bits per heavy atom. The van der Waals surface area contributed by atoms with Gasteiger partial charge in [0.15, 0.2) is 9.56 Å². The Bertz CT molecular complexity index is 960. The molecule has 9 nitrogen and oxygen atoms in total. The lowest BCUT2D eigenvalue weighted by molar-refractivity contribution is -0.387. The number of oxazole rings is 1. The number of hydrogen-bond donors (Lipinski definition) is 1. The van der Waals surface area contributed by atoms with Crippen LogP contribution in [0.15, 0.2) is 44.4 Å². The van der Waals surface area contributed by atoms with Gasteiger partial charge in [-0.2, -0.15) is 4.72 Å². The van der Waals surface area contributed by atoms with Gasteiger partial charge >= 0.3 is 0 Å². The first kappa shape index (κ1) is 23.2.